The zero-order valence-electron chi connectivity index (χ0n) is 16.9. The predicted octanol–water partition coefficient (Wildman–Crippen LogP) is 3.53. The van der Waals surface area contributed by atoms with E-state index in [9.17, 15) is 9.59 Å². The number of anilines is 1. The Morgan fingerprint density at radius 3 is 2.38 bits per heavy atom. The van der Waals surface area contributed by atoms with Crippen molar-refractivity contribution in [3.8, 4) is 0 Å². The SMILES string of the molecule is Cc1ccc(C)c(NC(=O)c2cccc(C(=O)N3CCC4(CC3)OCCO4)c2)c1. The van der Waals surface area contributed by atoms with Crippen LogP contribution in [0.1, 0.15) is 44.7 Å². The summed E-state index contributed by atoms with van der Waals surface area (Å²) in [4.78, 5) is 27.5. The van der Waals surface area contributed by atoms with Gasteiger partial charge in [0.15, 0.2) is 5.79 Å². The van der Waals surface area contributed by atoms with Crippen molar-refractivity contribution in [1.29, 1.82) is 0 Å². The highest BCUT2D eigenvalue weighted by Crippen LogP contribution is 2.31. The number of amides is 2. The Kier molecular flexibility index (Phi) is 5.39. The fourth-order valence-corrected chi connectivity index (χ4v) is 3.88. The maximum Gasteiger partial charge on any atom is 0.255 e. The number of carbonyl (C=O) groups is 2. The fourth-order valence-electron chi connectivity index (χ4n) is 3.88. The molecule has 2 amide bonds. The van der Waals surface area contributed by atoms with E-state index in [1.165, 1.54) is 0 Å². The van der Waals surface area contributed by atoms with E-state index in [0.29, 0.717) is 50.3 Å². The monoisotopic (exact) mass is 394 g/mol. The molecule has 2 fully saturated rings. The second-order valence-electron chi connectivity index (χ2n) is 7.75. The largest absolute Gasteiger partial charge is 0.347 e. The molecule has 152 valence electrons. The van der Waals surface area contributed by atoms with Gasteiger partial charge in [-0.25, -0.2) is 0 Å². The van der Waals surface area contributed by atoms with Crippen LogP contribution in [0.4, 0.5) is 5.69 Å². The first-order valence-electron chi connectivity index (χ1n) is 10.0. The van der Waals surface area contributed by atoms with Crippen molar-refractivity contribution in [1.82, 2.24) is 4.90 Å². The highest BCUT2D eigenvalue weighted by molar-refractivity contribution is 6.06. The minimum atomic E-state index is -0.510. The van der Waals surface area contributed by atoms with Crippen LogP contribution in [0.5, 0.6) is 0 Å². The zero-order valence-corrected chi connectivity index (χ0v) is 16.9. The number of rotatable bonds is 3. The Hall–Kier alpha value is -2.70. The molecule has 6 nitrogen and oxygen atoms in total. The molecule has 0 saturated carbocycles. The third-order valence-electron chi connectivity index (χ3n) is 5.64. The minimum absolute atomic E-state index is 0.0702. The molecule has 0 bridgehead atoms. The number of aryl methyl sites for hydroxylation is 2. The van der Waals surface area contributed by atoms with Gasteiger partial charge in [-0.1, -0.05) is 18.2 Å². The molecule has 29 heavy (non-hydrogen) atoms. The lowest BCUT2D eigenvalue weighted by Gasteiger charge is -2.37. The number of piperidine rings is 1. The summed E-state index contributed by atoms with van der Waals surface area (Å²) in [5.74, 6) is -0.803. The van der Waals surface area contributed by atoms with Crippen LogP contribution in [0.2, 0.25) is 0 Å². The first-order chi connectivity index (χ1) is 14.0. The number of hydrogen-bond donors (Lipinski definition) is 1. The molecule has 1 N–H and O–H groups in total. The summed E-state index contributed by atoms with van der Waals surface area (Å²) in [6.45, 7) is 6.33. The molecule has 0 unspecified atom stereocenters. The van der Waals surface area contributed by atoms with Crippen molar-refractivity contribution in [2.24, 2.45) is 0 Å². The van der Waals surface area contributed by atoms with Crippen LogP contribution >= 0.6 is 0 Å². The summed E-state index contributed by atoms with van der Waals surface area (Å²) in [6.07, 6.45) is 1.34. The van der Waals surface area contributed by atoms with Gasteiger partial charge in [-0.3, -0.25) is 9.59 Å². The smallest absolute Gasteiger partial charge is 0.255 e. The van der Waals surface area contributed by atoms with Gasteiger partial charge in [0.1, 0.15) is 0 Å². The van der Waals surface area contributed by atoms with Crippen molar-refractivity contribution >= 4 is 17.5 Å². The van der Waals surface area contributed by atoms with Crippen LogP contribution in [0, 0.1) is 13.8 Å². The molecule has 0 atom stereocenters. The molecule has 0 aliphatic carbocycles. The molecule has 2 heterocycles. The van der Waals surface area contributed by atoms with E-state index >= 15 is 0 Å². The number of nitrogens with one attached hydrogen (secondary N) is 1. The lowest BCUT2D eigenvalue weighted by atomic mass is 10.0. The van der Waals surface area contributed by atoms with Crippen LogP contribution < -0.4 is 5.32 Å². The Labute approximate surface area is 170 Å². The Bertz CT molecular complexity index is 924. The normalized spacial score (nSPS) is 18.1. The average molecular weight is 394 g/mol. The first kappa shape index (κ1) is 19.6. The third kappa shape index (κ3) is 4.18. The molecule has 2 aromatic carbocycles. The fraction of sp³-hybridized carbons (Fsp3) is 0.391. The Balaban J connectivity index is 1.45. The van der Waals surface area contributed by atoms with Gasteiger partial charge in [0.2, 0.25) is 0 Å². The molecule has 4 rings (SSSR count). The standard InChI is InChI=1S/C23H26N2O4/c1-16-6-7-17(2)20(14-16)24-21(26)18-4-3-5-19(15-18)22(27)25-10-8-23(9-11-25)28-12-13-29-23/h3-7,14-15H,8-13H2,1-2H3,(H,24,26). The van der Waals surface area contributed by atoms with E-state index in [1.807, 2.05) is 32.0 Å². The average Bonchev–Trinajstić information content (AvgIpc) is 3.19. The van der Waals surface area contributed by atoms with Crippen LogP contribution in [0.25, 0.3) is 0 Å². The lowest BCUT2D eigenvalue weighted by Crippen LogP contribution is -2.47. The van der Waals surface area contributed by atoms with Crippen LogP contribution in [-0.4, -0.2) is 48.8 Å². The lowest BCUT2D eigenvalue weighted by molar-refractivity contribution is -0.181. The second kappa shape index (κ2) is 7.97. The second-order valence-corrected chi connectivity index (χ2v) is 7.75. The van der Waals surface area contributed by atoms with Gasteiger partial charge in [0.25, 0.3) is 11.8 Å². The predicted molar refractivity (Wildman–Crippen MR) is 110 cm³/mol. The summed E-state index contributed by atoms with van der Waals surface area (Å²) < 4.78 is 11.5. The highest BCUT2D eigenvalue weighted by Gasteiger charge is 2.40. The van der Waals surface area contributed by atoms with Gasteiger partial charge >= 0.3 is 0 Å². The molecule has 0 radical (unpaired) electrons. The maximum atomic E-state index is 12.9. The third-order valence-corrected chi connectivity index (χ3v) is 5.64. The van der Waals surface area contributed by atoms with Gasteiger partial charge in [0, 0.05) is 42.7 Å². The maximum absolute atomic E-state index is 12.9. The van der Waals surface area contributed by atoms with Crippen molar-refractivity contribution in [3.05, 3.63) is 64.7 Å². The van der Waals surface area contributed by atoms with E-state index in [4.69, 9.17) is 9.47 Å². The number of ether oxygens (including phenoxy) is 2. The van der Waals surface area contributed by atoms with E-state index in [0.717, 1.165) is 16.8 Å². The Morgan fingerprint density at radius 2 is 1.66 bits per heavy atom. The summed E-state index contributed by atoms with van der Waals surface area (Å²) >= 11 is 0. The van der Waals surface area contributed by atoms with E-state index in [-0.39, 0.29) is 11.8 Å². The number of benzene rings is 2. The van der Waals surface area contributed by atoms with Gasteiger partial charge < -0.3 is 19.7 Å². The number of likely N-dealkylation sites (tertiary alicyclic amines) is 1. The molecule has 6 heteroatoms. The van der Waals surface area contributed by atoms with Crippen LogP contribution in [0.3, 0.4) is 0 Å². The molecule has 1 spiro atoms. The number of carbonyl (C=O) groups excluding carboxylic acids is 2. The summed E-state index contributed by atoms with van der Waals surface area (Å²) in [5.41, 5.74) is 3.84. The van der Waals surface area contributed by atoms with Crippen LogP contribution in [-0.2, 0) is 9.47 Å². The zero-order chi connectivity index (χ0) is 20.4. The topological polar surface area (TPSA) is 67.9 Å². The molecular weight excluding hydrogens is 368 g/mol. The minimum Gasteiger partial charge on any atom is -0.347 e. The molecule has 2 aromatic rings. The van der Waals surface area contributed by atoms with Gasteiger partial charge in [-0.05, 0) is 49.2 Å². The summed E-state index contributed by atoms with van der Waals surface area (Å²) in [6, 6.07) is 12.8. The van der Waals surface area contributed by atoms with E-state index in [2.05, 4.69) is 5.32 Å². The van der Waals surface area contributed by atoms with Crippen molar-refractivity contribution in [3.63, 3.8) is 0 Å². The van der Waals surface area contributed by atoms with Gasteiger partial charge in [-0.2, -0.15) is 0 Å². The van der Waals surface area contributed by atoms with Crippen molar-refractivity contribution < 1.29 is 19.1 Å². The highest BCUT2D eigenvalue weighted by atomic mass is 16.7. The van der Waals surface area contributed by atoms with Crippen molar-refractivity contribution in [2.45, 2.75) is 32.5 Å². The van der Waals surface area contributed by atoms with E-state index < -0.39 is 5.79 Å². The first-order valence-corrected chi connectivity index (χ1v) is 10.0. The summed E-state index contributed by atoms with van der Waals surface area (Å²) in [5, 5.41) is 2.95. The molecular formula is C23H26N2O4. The van der Waals surface area contributed by atoms with Crippen molar-refractivity contribution in [2.75, 3.05) is 31.6 Å². The van der Waals surface area contributed by atoms with Gasteiger partial charge in [-0.15, -0.1) is 0 Å². The molecule has 2 saturated heterocycles. The number of nitrogens with zero attached hydrogens (tertiary/aromatic N) is 1. The molecule has 2 aliphatic heterocycles. The number of hydrogen-bond acceptors (Lipinski definition) is 4. The molecule has 2 aliphatic rings. The molecule has 0 aromatic heterocycles. The Morgan fingerprint density at radius 1 is 0.966 bits per heavy atom. The van der Waals surface area contributed by atoms with E-state index in [1.54, 1.807) is 29.2 Å². The summed E-state index contributed by atoms with van der Waals surface area (Å²) in [7, 11) is 0. The quantitative estimate of drug-likeness (QED) is 0.865. The van der Waals surface area contributed by atoms with Gasteiger partial charge in [0.05, 0.1) is 13.2 Å². The van der Waals surface area contributed by atoms with Crippen LogP contribution in [0.15, 0.2) is 42.5 Å².